The smallest absolute Gasteiger partial charge is 0.409 e. The number of nitrogens with one attached hydrogen (secondary N) is 1. The lowest BCUT2D eigenvalue weighted by Crippen LogP contribution is -2.54. The molecule has 0 unspecified atom stereocenters. The zero-order chi connectivity index (χ0) is 19.9. The number of ether oxygens (including phenoxy) is 1. The molecule has 27 heavy (non-hydrogen) atoms. The van der Waals surface area contributed by atoms with Gasteiger partial charge in [0.05, 0.1) is 17.3 Å². The molecule has 0 bridgehead atoms. The summed E-state index contributed by atoms with van der Waals surface area (Å²) in [4.78, 5) is 25.3. The highest BCUT2D eigenvalue weighted by Gasteiger charge is 2.23. The summed E-state index contributed by atoms with van der Waals surface area (Å²) in [5, 5.41) is 6.64. The number of thiazole rings is 1. The number of carbonyl (C=O) groups is 1. The number of guanidine groups is 1. The molecule has 0 atom stereocenters. The van der Waals surface area contributed by atoms with E-state index in [2.05, 4.69) is 43.3 Å². The lowest BCUT2D eigenvalue weighted by molar-refractivity contribution is 0.0914. The molecule has 1 aliphatic heterocycles. The number of hydrogen-bond acceptors (Lipinski definition) is 5. The van der Waals surface area contributed by atoms with Crippen LogP contribution >= 0.6 is 11.3 Å². The molecular formula is C19H33N5O2S. The quantitative estimate of drug-likeness (QED) is 0.613. The first-order chi connectivity index (χ1) is 12.8. The van der Waals surface area contributed by atoms with Gasteiger partial charge >= 0.3 is 6.09 Å². The molecule has 1 aromatic heterocycles. The van der Waals surface area contributed by atoms with E-state index in [0.29, 0.717) is 26.2 Å². The second-order valence-electron chi connectivity index (χ2n) is 7.54. The van der Waals surface area contributed by atoms with Gasteiger partial charge in [-0.05, 0) is 13.8 Å². The van der Waals surface area contributed by atoms with E-state index in [1.807, 2.05) is 6.92 Å². The molecule has 1 N–H and O–H groups in total. The normalized spacial score (nSPS) is 15.8. The maximum Gasteiger partial charge on any atom is 0.409 e. The standard InChI is InChI=1S/C19H33N5O2S/c1-6-20-17(23-10-12-24(13-11-23)18(25)26-7-2)21-9-8-16-22-15(14-27-16)19(3,4)5/h14H,6-13H2,1-5H3,(H,20,21). The third-order valence-electron chi connectivity index (χ3n) is 4.35. The van der Waals surface area contributed by atoms with Crippen molar-refractivity contribution < 1.29 is 9.53 Å². The van der Waals surface area contributed by atoms with Crippen molar-refractivity contribution >= 4 is 23.4 Å². The molecule has 0 radical (unpaired) electrons. The van der Waals surface area contributed by atoms with Crippen LogP contribution < -0.4 is 5.32 Å². The molecule has 0 spiro atoms. The van der Waals surface area contributed by atoms with Gasteiger partial charge in [-0.15, -0.1) is 11.3 Å². The highest BCUT2D eigenvalue weighted by Crippen LogP contribution is 2.24. The number of carbonyl (C=O) groups excluding carboxylic acids is 1. The number of aromatic nitrogens is 1. The van der Waals surface area contributed by atoms with E-state index in [-0.39, 0.29) is 11.5 Å². The van der Waals surface area contributed by atoms with Gasteiger partial charge in [-0.25, -0.2) is 9.78 Å². The highest BCUT2D eigenvalue weighted by atomic mass is 32.1. The number of rotatable bonds is 5. The topological polar surface area (TPSA) is 70.1 Å². The Morgan fingerprint density at radius 3 is 2.48 bits per heavy atom. The zero-order valence-electron chi connectivity index (χ0n) is 17.2. The summed E-state index contributed by atoms with van der Waals surface area (Å²) in [6.45, 7) is 15.2. The van der Waals surface area contributed by atoms with E-state index < -0.39 is 0 Å². The van der Waals surface area contributed by atoms with E-state index in [1.165, 1.54) is 0 Å². The van der Waals surface area contributed by atoms with E-state index in [0.717, 1.165) is 42.7 Å². The molecule has 2 rings (SSSR count). The highest BCUT2D eigenvalue weighted by molar-refractivity contribution is 7.09. The van der Waals surface area contributed by atoms with Gasteiger partial charge in [0.1, 0.15) is 0 Å². The van der Waals surface area contributed by atoms with E-state index >= 15 is 0 Å². The first-order valence-corrected chi connectivity index (χ1v) is 10.6. The summed E-state index contributed by atoms with van der Waals surface area (Å²) in [6, 6.07) is 0. The number of piperazine rings is 1. The van der Waals surface area contributed by atoms with Gasteiger partial charge in [0.15, 0.2) is 5.96 Å². The minimum Gasteiger partial charge on any atom is -0.450 e. The molecule has 7 nitrogen and oxygen atoms in total. The van der Waals surface area contributed by atoms with Gasteiger partial charge in [-0.3, -0.25) is 4.99 Å². The van der Waals surface area contributed by atoms with E-state index in [1.54, 1.807) is 16.2 Å². The molecular weight excluding hydrogens is 362 g/mol. The van der Waals surface area contributed by atoms with Gasteiger partial charge in [0.2, 0.25) is 0 Å². The Labute approximate surface area is 166 Å². The first-order valence-electron chi connectivity index (χ1n) is 9.75. The molecule has 2 heterocycles. The molecule has 1 aromatic rings. The fourth-order valence-electron chi connectivity index (χ4n) is 2.77. The van der Waals surface area contributed by atoms with Gasteiger partial charge in [-0.1, -0.05) is 20.8 Å². The predicted molar refractivity (Wildman–Crippen MR) is 111 cm³/mol. The minimum atomic E-state index is -0.225. The molecule has 0 aromatic carbocycles. The maximum atomic E-state index is 11.8. The third-order valence-corrected chi connectivity index (χ3v) is 5.26. The zero-order valence-corrected chi connectivity index (χ0v) is 18.1. The van der Waals surface area contributed by atoms with Crippen LogP contribution in [-0.2, 0) is 16.6 Å². The van der Waals surface area contributed by atoms with Crippen molar-refractivity contribution in [3.8, 4) is 0 Å². The van der Waals surface area contributed by atoms with Crippen LogP contribution in [0.2, 0.25) is 0 Å². The first kappa shape index (κ1) is 21.5. The van der Waals surface area contributed by atoms with Crippen LogP contribution in [0.3, 0.4) is 0 Å². The van der Waals surface area contributed by atoms with Gasteiger partial charge in [0.25, 0.3) is 0 Å². The Bertz CT molecular complexity index is 630. The average molecular weight is 396 g/mol. The Hall–Kier alpha value is -1.83. The lowest BCUT2D eigenvalue weighted by Gasteiger charge is -2.35. The summed E-state index contributed by atoms with van der Waals surface area (Å²) in [5.74, 6) is 0.911. The molecule has 1 saturated heterocycles. The molecule has 152 valence electrons. The Balaban J connectivity index is 1.89. The summed E-state index contributed by atoms with van der Waals surface area (Å²) >= 11 is 1.71. The molecule has 1 fully saturated rings. The fraction of sp³-hybridized carbons (Fsp3) is 0.737. The monoisotopic (exact) mass is 395 g/mol. The summed E-state index contributed by atoms with van der Waals surface area (Å²) in [5.41, 5.74) is 1.24. The second-order valence-corrected chi connectivity index (χ2v) is 8.48. The molecule has 8 heteroatoms. The van der Waals surface area contributed by atoms with Crippen LogP contribution in [0.25, 0.3) is 0 Å². The molecule has 1 amide bonds. The van der Waals surface area contributed by atoms with Crippen molar-refractivity contribution in [2.45, 2.75) is 46.5 Å². The second kappa shape index (κ2) is 9.92. The van der Waals surface area contributed by atoms with Crippen LogP contribution in [0.15, 0.2) is 10.4 Å². The van der Waals surface area contributed by atoms with Crippen LogP contribution in [0, 0.1) is 0 Å². The van der Waals surface area contributed by atoms with Crippen molar-refractivity contribution in [3.05, 3.63) is 16.1 Å². The number of amides is 1. The van der Waals surface area contributed by atoms with Crippen molar-refractivity contribution in [3.63, 3.8) is 0 Å². The summed E-state index contributed by atoms with van der Waals surface area (Å²) < 4.78 is 5.08. The van der Waals surface area contributed by atoms with Crippen molar-refractivity contribution in [1.29, 1.82) is 0 Å². The SMILES string of the molecule is CCNC(=NCCc1nc(C(C)(C)C)cs1)N1CCN(C(=O)OCC)CC1. The molecule has 0 saturated carbocycles. The van der Waals surface area contributed by atoms with Gasteiger partial charge in [0, 0.05) is 56.5 Å². The van der Waals surface area contributed by atoms with Crippen molar-refractivity contribution in [1.82, 2.24) is 20.1 Å². The van der Waals surface area contributed by atoms with Crippen molar-refractivity contribution in [2.24, 2.45) is 4.99 Å². The Morgan fingerprint density at radius 2 is 1.93 bits per heavy atom. The van der Waals surface area contributed by atoms with Crippen LogP contribution in [0.1, 0.15) is 45.3 Å². The van der Waals surface area contributed by atoms with Gasteiger partial charge in [-0.2, -0.15) is 0 Å². The molecule has 0 aliphatic carbocycles. The van der Waals surface area contributed by atoms with E-state index in [9.17, 15) is 4.79 Å². The van der Waals surface area contributed by atoms with E-state index in [4.69, 9.17) is 14.7 Å². The number of hydrogen-bond donors (Lipinski definition) is 1. The average Bonchev–Trinajstić information content (AvgIpc) is 3.11. The Morgan fingerprint density at radius 1 is 1.26 bits per heavy atom. The van der Waals surface area contributed by atoms with Crippen molar-refractivity contribution in [2.75, 3.05) is 45.9 Å². The van der Waals surface area contributed by atoms with Crippen LogP contribution in [0.5, 0.6) is 0 Å². The van der Waals surface area contributed by atoms with Crippen LogP contribution in [-0.4, -0.2) is 72.7 Å². The maximum absolute atomic E-state index is 11.8. The number of aliphatic imine (C=N–C) groups is 1. The Kier molecular flexibility index (Phi) is 7.89. The third kappa shape index (κ3) is 6.37. The lowest BCUT2D eigenvalue weighted by atomic mass is 9.93. The number of nitrogens with zero attached hydrogens (tertiary/aromatic N) is 4. The largest absolute Gasteiger partial charge is 0.450 e. The summed E-state index contributed by atoms with van der Waals surface area (Å²) in [7, 11) is 0. The minimum absolute atomic E-state index is 0.0888. The van der Waals surface area contributed by atoms with Gasteiger partial charge < -0.3 is 19.9 Å². The predicted octanol–water partition coefficient (Wildman–Crippen LogP) is 2.72. The fourth-order valence-corrected chi connectivity index (χ4v) is 3.78. The molecule has 1 aliphatic rings. The van der Waals surface area contributed by atoms with Crippen LogP contribution in [0.4, 0.5) is 4.79 Å². The summed E-state index contributed by atoms with van der Waals surface area (Å²) in [6.07, 6.45) is 0.621.